The Labute approximate surface area is 178 Å². The standard InChI is InChI=1S/C23H32N6O/c1-4-19-23(28(3)16-21-24-12-13-27(21)2)29-15-18(10-11-20(29)26-19)22(30)25-14-17-8-6-5-7-9-17/h10-13,15,17H,4-9,14,16H2,1-3H3,(H,25,30). The molecule has 0 atom stereocenters. The molecule has 30 heavy (non-hydrogen) atoms. The highest BCUT2D eigenvalue weighted by Gasteiger charge is 2.19. The molecule has 3 heterocycles. The SMILES string of the molecule is CCc1nc2ccc(C(=O)NCC3CCCCC3)cn2c1N(C)Cc1nccn1C. The third-order valence-corrected chi connectivity index (χ3v) is 6.20. The van der Waals surface area contributed by atoms with Crippen LogP contribution in [-0.4, -0.2) is 38.4 Å². The first-order chi connectivity index (χ1) is 14.6. The van der Waals surface area contributed by atoms with Crippen LogP contribution in [0.25, 0.3) is 5.65 Å². The Morgan fingerprint density at radius 3 is 2.77 bits per heavy atom. The van der Waals surface area contributed by atoms with Gasteiger partial charge in [0.05, 0.1) is 17.8 Å². The largest absolute Gasteiger partial charge is 0.352 e. The molecule has 1 aliphatic rings. The topological polar surface area (TPSA) is 67.5 Å². The lowest BCUT2D eigenvalue weighted by atomic mass is 9.89. The molecule has 0 unspecified atom stereocenters. The third-order valence-electron chi connectivity index (χ3n) is 6.20. The minimum Gasteiger partial charge on any atom is -0.352 e. The first-order valence-electron chi connectivity index (χ1n) is 11.0. The molecule has 7 heteroatoms. The summed E-state index contributed by atoms with van der Waals surface area (Å²) in [5.41, 5.74) is 2.55. The summed E-state index contributed by atoms with van der Waals surface area (Å²) in [6.45, 7) is 3.55. The number of pyridine rings is 1. The molecule has 3 aromatic heterocycles. The summed E-state index contributed by atoms with van der Waals surface area (Å²) in [4.78, 5) is 24.2. The molecule has 0 spiro atoms. The first-order valence-corrected chi connectivity index (χ1v) is 11.0. The number of aromatic nitrogens is 4. The normalized spacial score (nSPS) is 14.9. The number of hydrogen-bond acceptors (Lipinski definition) is 4. The second kappa shape index (κ2) is 8.90. The Hall–Kier alpha value is -2.83. The van der Waals surface area contributed by atoms with Crippen LogP contribution in [0.5, 0.6) is 0 Å². The van der Waals surface area contributed by atoms with E-state index in [1.807, 2.05) is 53.8 Å². The number of fused-ring (bicyclic) bond motifs is 1. The molecule has 1 aliphatic carbocycles. The molecule has 4 rings (SSSR count). The molecule has 0 saturated heterocycles. The summed E-state index contributed by atoms with van der Waals surface area (Å²) in [6, 6.07) is 3.81. The van der Waals surface area contributed by atoms with E-state index in [9.17, 15) is 4.79 Å². The molecule has 1 fully saturated rings. The number of imidazole rings is 2. The number of amides is 1. The Kier molecular flexibility index (Phi) is 6.06. The van der Waals surface area contributed by atoms with Gasteiger partial charge in [-0.1, -0.05) is 26.2 Å². The van der Waals surface area contributed by atoms with Crippen molar-refractivity contribution < 1.29 is 4.79 Å². The zero-order valence-electron chi connectivity index (χ0n) is 18.3. The van der Waals surface area contributed by atoms with Crippen molar-refractivity contribution in [2.45, 2.75) is 52.0 Å². The fourth-order valence-electron chi connectivity index (χ4n) is 4.42. The van der Waals surface area contributed by atoms with Crippen molar-refractivity contribution in [2.75, 3.05) is 18.5 Å². The molecule has 0 aliphatic heterocycles. The number of anilines is 1. The summed E-state index contributed by atoms with van der Waals surface area (Å²) in [5, 5.41) is 3.15. The van der Waals surface area contributed by atoms with Crippen LogP contribution in [0.2, 0.25) is 0 Å². The van der Waals surface area contributed by atoms with Gasteiger partial charge in [-0.15, -0.1) is 0 Å². The van der Waals surface area contributed by atoms with E-state index in [-0.39, 0.29) is 5.91 Å². The van der Waals surface area contributed by atoms with Gasteiger partial charge in [0, 0.05) is 39.2 Å². The molecule has 1 N–H and O–H groups in total. The molecule has 0 radical (unpaired) electrons. The molecule has 160 valence electrons. The maximum Gasteiger partial charge on any atom is 0.252 e. The maximum absolute atomic E-state index is 12.8. The monoisotopic (exact) mass is 408 g/mol. The van der Waals surface area contributed by atoms with Crippen LogP contribution >= 0.6 is 0 Å². The summed E-state index contributed by atoms with van der Waals surface area (Å²) in [7, 11) is 4.05. The molecule has 0 bridgehead atoms. The molecule has 7 nitrogen and oxygen atoms in total. The van der Waals surface area contributed by atoms with Crippen LogP contribution in [0.1, 0.15) is 60.9 Å². The van der Waals surface area contributed by atoms with Crippen molar-refractivity contribution in [1.29, 1.82) is 0 Å². The van der Waals surface area contributed by atoms with Gasteiger partial charge in [0.2, 0.25) is 0 Å². The van der Waals surface area contributed by atoms with E-state index < -0.39 is 0 Å². The van der Waals surface area contributed by atoms with Gasteiger partial charge in [-0.2, -0.15) is 0 Å². The lowest BCUT2D eigenvalue weighted by molar-refractivity contribution is 0.0943. The smallest absolute Gasteiger partial charge is 0.252 e. The van der Waals surface area contributed by atoms with E-state index in [0.29, 0.717) is 18.0 Å². The van der Waals surface area contributed by atoms with Crippen molar-refractivity contribution in [2.24, 2.45) is 13.0 Å². The maximum atomic E-state index is 12.8. The van der Waals surface area contributed by atoms with E-state index in [0.717, 1.165) is 35.9 Å². The fraction of sp³-hybridized carbons (Fsp3) is 0.522. The van der Waals surface area contributed by atoms with Gasteiger partial charge in [-0.25, -0.2) is 9.97 Å². The Bertz CT molecular complexity index is 1010. The van der Waals surface area contributed by atoms with Crippen LogP contribution in [0.3, 0.4) is 0 Å². The minimum atomic E-state index is -0.00748. The van der Waals surface area contributed by atoms with Crippen molar-refractivity contribution in [3.05, 3.63) is 47.8 Å². The summed E-state index contributed by atoms with van der Waals surface area (Å²) in [5.74, 6) is 2.60. The number of nitrogens with zero attached hydrogens (tertiary/aromatic N) is 5. The number of carbonyl (C=O) groups is 1. The van der Waals surface area contributed by atoms with E-state index in [1.165, 1.54) is 32.1 Å². The average Bonchev–Trinajstić information content (AvgIpc) is 3.34. The summed E-state index contributed by atoms with van der Waals surface area (Å²) in [6.07, 6.45) is 12.9. The van der Waals surface area contributed by atoms with Gasteiger partial charge < -0.3 is 14.8 Å². The second-order valence-electron chi connectivity index (χ2n) is 8.41. The average molecular weight is 409 g/mol. The summed E-state index contributed by atoms with van der Waals surface area (Å²) >= 11 is 0. The number of rotatable bonds is 7. The highest BCUT2D eigenvalue weighted by atomic mass is 16.1. The van der Waals surface area contributed by atoms with E-state index in [1.54, 1.807) is 0 Å². The highest BCUT2D eigenvalue weighted by molar-refractivity contribution is 5.94. The van der Waals surface area contributed by atoms with E-state index in [4.69, 9.17) is 4.98 Å². The first kappa shape index (κ1) is 20.4. The number of hydrogen-bond donors (Lipinski definition) is 1. The molecular weight excluding hydrogens is 376 g/mol. The van der Waals surface area contributed by atoms with Crippen molar-refractivity contribution in [3.63, 3.8) is 0 Å². The van der Waals surface area contributed by atoms with Gasteiger partial charge in [-0.3, -0.25) is 9.20 Å². The minimum absolute atomic E-state index is 0.00748. The zero-order valence-corrected chi connectivity index (χ0v) is 18.3. The van der Waals surface area contributed by atoms with Gasteiger partial charge in [0.25, 0.3) is 5.91 Å². The molecule has 1 saturated carbocycles. The third kappa shape index (κ3) is 4.20. The van der Waals surface area contributed by atoms with Gasteiger partial charge in [0.1, 0.15) is 17.3 Å². The number of nitrogens with one attached hydrogen (secondary N) is 1. The van der Waals surface area contributed by atoms with Gasteiger partial charge in [-0.05, 0) is 37.3 Å². The van der Waals surface area contributed by atoms with Crippen LogP contribution in [0.4, 0.5) is 5.82 Å². The van der Waals surface area contributed by atoms with E-state index in [2.05, 4.69) is 22.1 Å². The highest BCUT2D eigenvalue weighted by Crippen LogP contribution is 2.25. The zero-order chi connectivity index (χ0) is 21.1. The van der Waals surface area contributed by atoms with Gasteiger partial charge >= 0.3 is 0 Å². The number of carbonyl (C=O) groups excluding carboxylic acids is 1. The van der Waals surface area contributed by atoms with Crippen LogP contribution in [0, 0.1) is 5.92 Å². The number of aryl methyl sites for hydroxylation is 2. The summed E-state index contributed by atoms with van der Waals surface area (Å²) < 4.78 is 4.06. The van der Waals surface area contributed by atoms with Crippen LogP contribution in [0.15, 0.2) is 30.7 Å². The molecule has 1 amide bonds. The molecule has 3 aromatic rings. The predicted molar refractivity (Wildman–Crippen MR) is 119 cm³/mol. The van der Waals surface area contributed by atoms with Crippen LogP contribution < -0.4 is 10.2 Å². The van der Waals surface area contributed by atoms with Crippen molar-refractivity contribution >= 4 is 17.4 Å². The lowest BCUT2D eigenvalue weighted by Crippen LogP contribution is -2.30. The van der Waals surface area contributed by atoms with Crippen molar-refractivity contribution in [3.8, 4) is 0 Å². The van der Waals surface area contributed by atoms with Crippen LogP contribution in [-0.2, 0) is 20.0 Å². The fourth-order valence-corrected chi connectivity index (χ4v) is 4.42. The predicted octanol–water partition coefficient (Wildman–Crippen LogP) is 3.58. The Balaban J connectivity index is 1.57. The molecular formula is C23H32N6O. The van der Waals surface area contributed by atoms with Gasteiger partial charge in [0.15, 0.2) is 0 Å². The van der Waals surface area contributed by atoms with Crippen molar-refractivity contribution in [1.82, 2.24) is 24.3 Å². The molecule has 0 aromatic carbocycles. The Morgan fingerprint density at radius 1 is 1.27 bits per heavy atom. The Morgan fingerprint density at radius 2 is 2.07 bits per heavy atom. The quantitative estimate of drug-likeness (QED) is 0.649. The second-order valence-corrected chi connectivity index (χ2v) is 8.41. The lowest BCUT2D eigenvalue weighted by Gasteiger charge is -2.22. The van der Waals surface area contributed by atoms with E-state index >= 15 is 0 Å².